The molecule has 96 valence electrons. The number of pyridine rings is 1. The Balaban J connectivity index is 2.24. The van der Waals surface area contributed by atoms with Crippen LogP contribution in [0.25, 0.3) is 0 Å². The van der Waals surface area contributed by atoms with Crippen LogP contribution in [0.5, 0.6) is 0 Å². The third-order valence-corrected chi connectivity index (χ3v) is 2.94. The Morgan fingerprint density at radius 3 is 2.78 bits per heavy atom. The predicted molar refractivity (Wildman–Crippen MR) is 72.1 cm³/mol. The number of nitrogens with two attached hydrogens (primary N) is 1. The highest BCUT2D eigenvalue weighted by molar-refractivity contribution is 5.36. The second-order valence-corrected chi connectivity index (χ2v) is 4.19. The van der Waals surface area contributed by atoms with Gasteiger partial charge in [0.05, 0.1) is 12.2 Å². The highest BCUT2D eigenvalue weighted by Gasteiger charge is 2.06. The summed E-state index contributed by atoms with van der Waals surface area (Å²) in [6.07, 6.45) is 3.70. The number of hydrogen-bond acceptors (Lipinski definition) is 4. The zero-order valence-corrected chi connectivity index (χ0v) is 10.8. The van der Waals surface area contributed by atoms with Gasteiger partial charge in [-0.3, -0.25) is 4.68 Å². The van der Waals surface area contributed by atoms with E-state index in [9.17, 15) is 0 Å². The molecule has 5 nitrogen and oxygen atoms in total. The number of hydrogen-bond donors (Lipinski definition) is 2. The van der Waals surface area contributed by atoms with Gasteiger partial charge in [-0.15, -0.1) is 0 Å². The number of nitrogen functional groups attached to an aromatic ring is 1. The average molecular weight is 245 g/mol. The molecule has 0 fully saturated rings. The molecule has 2 heterocycles. The van der Waals surface area contributed by atoms with Crippen molar-refractivity contribution in [1.29, 1.82) is 0 Å². The second kappa shape index (κ2) is 5.64. The summed E-state index contributed by atoms with van der Waals surface area (Å²) in [4.78, 5) is 4.10. The van der Waals surface area contributed by atoms with Gasteiger partial charge in [0, 0.05) is 11.9 Å². The van der Waals surface area contributed by atoms with Crippen LogP contribution in [0.4, 0.5) is 5.82 Å². The summed E-state index contributed by atoms with van der Waals surface area (Å²) in [6.45, 7) is 5.02. The van der Waals surface area contributed by atoms with Crippen LogP contribution >= 0.6 is 0 Å². The number of aromatic nitrogens is 3. The van der Waals surface area contributed by atoms with E-state index < -0.39 is 0 Å². The maximum absolute atomic E-state index is 5.36. The van der Waals surface area contributed by atoms with Gasteiger partial charge in [0.25, 0.3) is 0 Å². The minimum Gasteiger partial charge on any atom is -0.308 e. The molecule has 5 heteroatoms. The summed E-state index contributed by atoms with van der Waals surface area (Å²) < 4.78 is 2.05. The normalized spacial score (nSPS) is 10.6. The molecule has 0 saturated carbocycles. The maximum atomic E-state index is 5.36. The molecule has 18 heavy (non-hydrogen) atoms. The molecule has 0 aromatic carbocycles. The van der Waals surface area contributed by atoms with Gasteiger partial charge >= 0.3 is 0 Å². The fourth-order valence-electron chi connectivity index (χ4n) is 1.93. The van der Waals surface area contributed by atoms with Gasteiger partial charge in [-0.05, 0) is 36.6 Å². The third-order valence-electron chi connectivity index (χ3n) is 2.94. The van der Waals surface area contributed by atoms with Crippen molar-refractivity contribution in [2.45, 2.75) is 33.2 Å². The first-order valence-electron chi connectivity index (χ1n) is 6.24. The standard InChI is InChI=1S/C13H19N5/c1-3-11-8-12(4-2)18(17-11)9-10-5-6-15-13(7-10)16-14/h5-8H,3-4,9,14H2,1-2H3,(H,15,16). The van der Waals surface area contributed by atoms with Crippen molar-refractivity contribution in [1.82, 2.24) is 14.8 Å². The highest BCUT2D eigenvalue weighted by atomic mass is 15.3. The average Bonchev–Trinajstić information content (AvgIpc) is 2.81. The molecule has 0 bridgehead atoms. The van der Waals surface area contributed by atoms with Crippen molar-refractivity contribution in [2.75, 3.05) is 5.43 Å². The molecule has 0 spiro atoms. The minimum absolute atomic E-state index is 0.674. The van der Waals surface area contributed by atoms with Crippen LogP contribution in [0, 0.1) is 0 Å². The molecule has 2 aromatic heterocycles. The number of aryl methyl sites for hydroxylation is 2. The van der Waals surface area contributed by atoms with Crippen molar-refractivity contribution >= 4 is 5.82 Å². The zero-order valence-electron chi connectivity index (χ0n) is 10.8. The quantitative estimate of drug-likeness (QED) is 0.622. The Bertz CT molecular complexity index is 518. The lowest BCUT2D eigenvalue weighted by molar-refractivity contribution is 0.640. The van der Waals surface area contributed by atoms with E-state index >= 15 is 0 Å². The number of anilines is 1. The van der Waals surface area contributed by atoms with Crippen molar-refractivity contribution in [2.24, 2.45) is 5.84 Å². The molecule has 0 saturated heterocycles. The fraction of sp³-hybridized carbons (Fsp3) is 0.385. The summed E-state index contributed by atoms with van der Waals surface area (Å²) in [5.74, 6) is 6.03. The van der Waals surface area contributed by atoms with Crippen molar-refractivity contribution < 1.29 is 0 Å². The van der Waals surface area contributed by atoms with Gasteiger partial charge < -0.3 is 5.43 Å². The first-order chi connectivity index (χ1) is 8.76. The molecule has 0 unspecified atom stereocenters. The number of nitrogens with one attached hydrogen (secondary N) is 1. The monoisotopic (exact) mass is 245 g/mol. The highest BCUT2D eigenvalue weighted by Crippen LogP contribution is 2.11. The van der Waals surface area contributed by atoms with Crippen LogP contribution in [0.1, 0.15) is 30.8 Å². The lowest BCUT2D eigenvalue weighted by atomic mass is 10.2. The molecule has 0 amide bonds. The van der Waals surface area contributed by atoms with Crippen LogP contribution in [0.2, 0.25) is 0 Å². The smallest absolute Gasteiger partial charge is 0.140 e. The Morgan fingerprint density at radius 1 is 1.28 bits per heavy atom. The van der Waals surface area contributed by atoms with Crippen LogP contribution in [0.3, 0.4) is 0 Å². The first-order valence-corrected chi connectivity index (χ1v) is 6.24. The number of hydrazine groups is 1. The van der Waals surface area contributed by atoms with E-state index in [1.807, 2.05) is 12.1 Å². The van der Waals surface area contributed by atoms with Gasteiger partial charge in [0.15, 0.2) is 0 Å². The SMILES string of the molecule is CCc1cc(CC)n(Cc2ccnc(NN)c2)n1. The Labute approximate surface area is 107 Å². The summed E-state index contributed by atoms with van der Waals surface area (Å²) in [6, 6.07) is 6.09. The maximum Gasteiger partial charge on any atom is 0.140 e. The van der Waals surface area contributed by atoms with Gasteiger partial charge in [0.2, 0.25) is 0 Å². The first kappa shape index (κ1) is 12.6. The van der Waals surface area contributed by atoms with E-state index in [4.69, 9.17) is 5.84 Å². The second-order valence-electron chi connectivity index (χ2n) is 4.19. The van der Waals surface area contributed by atoms with Gasteiger partial charge in [-0.25, -0.2) is 10.8 Å². The van der Waals surface area contributed by atoms with Crippen LogP contribution in [-0.2, 0) is 19.4 Å². The molecule has 2 aromatic rings. The molecule has 2 rings (SSSR count). The topological polar surface area (TPSA) is 68.8 Å². The number of nitrogens with zero attached hydrogens (tertiary/aromatic N) is 3. The van der Waals surface area contributed by atoms with Crippen molar-refractivity contribution in [3.05, 3.63) is 41.3 Å². The zero-order chi connectivity index (χ0) is 13.0. The van der Waals surface area contributed by atoms with Crippen LogP contribution in [0.15, 0.2) is 24.4 Å². The van der Waals surface area contributed by atoms with E-state index in [2.05, 4.69) is 40.1 Å². The molecule has 0 atom stereocenters. The lowest BCUT2D eigenvalue weighted by Gasteiger charge is -2.07. The third kappa shape index (κ3) is 2.68. The molecule has 0 radical (unpaired) electrons. The fourth-order valence-corrected chi connectivity index (χ4v) is 1.93. The molecule has 0 aliphatic rings. The molecular weight excluding hydrogens is 226 g/mol. The van der Waals surface area contributed by atoms with Gasteiger partial charge in [0.1, 0.15) is 5.82 Å². The van der Waals surface area contributed by atoms with Crippen LogP contribution in [-0.4, -0.2) is 14.8 Å². The lowest BCUT2D eigenvalue weighted by Crippen LogP contribution is -2.10. The summed E-state index contributed by atoms with van der Waals surface area (Å²) in [5.41, 5.74) is 6.09. The molecule has 3 N–H and O–H groups in total. The molecule has 0 aliphatic heterocycles. The Hall–Kier alpha value is -1.88. The largest absolute Gasteiger partial charge is 0.308 e. The summed E-state index contributed by atoms with van der Waals surface area (Å²) in [7, 11) is 0. The summed E-state index contributed by atoms with van der Waals surface area (Å²) in [5, 5.41) is 4.59. The van der Waals surface area contributed by atoms with Gasteiger partial charge in [-0.2, -0.15) is 5.10 Å². The predicted octanol–water partition coefficient (Wildman–Crippen LogP) is 1.74. The van der Waals surface area contributed by atoms with E-state index in [-0.39, 0.29) is 0 Å². The minimum atomic E-state index is 0.674. The summed E-state index contributed by atoms with van der Waals surface area (Å²) >= 11 is 0. The van der Waals surface area contributed by atoms with Crippen molar-refractivity contribution in [3.63, 3.8) is 0 Å². The Kier molecular flexibility index (Phi) is 3.94. The number of rotatable bonds is 5. The molecular formula is C13H19N5. The molecule has 0 aliphatic carbocycles. The Morgan fingerprint density at radius 2 is 2.11 bits per heavy atom. The van der Waals surface area contributed by atoms with E-state index in [0.29, 0.717) is 5.82 Å². The van der Waals surface area contributed by atoms with E-state index in [0.717, 1.165) is 30.6 Å². The van der Waals surface area contributed by atoms with Gasteiger partial charge in [-0.1, -0.05) is 13.8 Å². The van der Waals surface area contributed by atoms with Crippen LogP contribution < -0.4 is 11.3 Å². The van der Waals surface area contributed by atoms with Crippen molar-refractivity contribution in [3.8, 4) is 0 Å². The van der Waals surface area contributed by atoms with E-state index in [1.165, 1.54) is 5.69 Å². The van der Waals surface area contributed by atoms with E-state index in [1.54, 1.807) is 6.20 Å².